The van der Waals surface area contributed by atoms with E-state index in [0.717, 1.165) is 16.7 Å². The molecule has 2 amide bonds. The molecule has 4 heteroatoms. The van der Waals surface area contributed by atoms with Crippen LogP contribution >= 0.6 is 0 Å². The van der Waals surface area contributed by atoms with E-state index in [-0.39, 0.29) is 18.4 Å². The van der Waals surface area contributed by atoms with E-state index in [4.69, 9.17) is 0 Å². The lowest BCUT2D eigenvalue weighted by Crippen LogP contribution is -2.33. The van der Waals surface area contributed by atoms with Gasteiger partial charge in [0.1, 0.15) is 0 Å². The summed E-state index contributed by atoms with van der Waals surface area (Å²) in [7, 11) is 1.61. The predicted octanol–water partition coefficient (Wildman–Crippen LogP) is 4.46. The van der Waals surface area contributed by atoms with Gasteiger partial charge in [-0.1, -0.05) is 66.7 Å². The summed E-state index contributed by atoms with van der Waals surface area (Å²) in [5.74, 6) is -0.463. The number of hydrogen-bond acceptors (Lipinski definition) is 2. The summed E-state index contributed by atoms with van der Waals surface area (Å²) >= 11 is 0. The summed E-state index contributed by atoms with van der Waals surface area (Å²) in [5, 5.41) is 2.77. The number of carbonyl (C=O) groups is 2. The second kappa shape index (κ2) is 9.33. The van der Waals surface area contributed by atoms with Crippen LogP contribution in [0.1, 0.15) is 5.56 Å². The van der Waals surface area contributed by atoms with E-state index in [9.17, 15) is 9.59 Å². The highest BCUT2D eigenvalue weighted by atomic mass is 16.2. The normalized spacial score (nSPS) is 10.6. The molecule has 3 aromatic carbocycles. The van der Waals surface area contributed by atoms with Gasteiger partial charge in [-0.25, -0.2) is 0 Å². The third kappa shape index (κ3) is 5.42. The number of likely N-dealkylation sites (N-methyl/N-ethyl adjacent to an activating group) is 1. The SMILES string of the molecule is CN(CC(=O)Nc1ccccc1)C(=O)/C=C/c1cccc(-c2ccccc2)c1. The molecule has 0 aliphatic rings. The number of carbonyl (C=O) groups excluding carboxylic acids is 2. The molecule has 0 fully saturated rings. The number of hydrogen-bond donors (Lipinski definition) is 1. The van der Waals surface area contributed by atoms with Crippen LogP contribution in [-0.2, 0) is 9.59 Å². The summed E-state index contributed by atoms with van der Waals surface area (Å²) in [4.78, 5) is 25.8. The molecule has 28 heavy (non-hydrogen) atoms. The lowest BCUT2D eigenvalue weighted by atomic mass is 10.0. The molecule has 0 spiro atoms. The van der Waals surface area contributed by atoms with Gasteiger partial charge in [-0.05, 0) is 41.0 Å². The highest BCUT2D eigenvalue weighted by molar-refractivity contribution is 5.97. The minimum atomic E-state index is -0.235. The molecule has 3 aromatic rings. The molecule has 0 bridgehead atoms. The Bertz CT molecular complexity index is 966. The highest BCUT2D eigenvalue weighted by Crippen LogP contribution is 2.20. The molecule has 0 atom stereocenters. The first-order valence-electron chi connectivity index (χ1n) is 9.05. The largest absolute Gasteiger partial charge is 0.333 e. The molecule has 0 saturated heterocycles. The summed E-state index contributed by atoms with van der Waals surface area (Å²) in [6.07, 6.45) is 3.25. The van der Waals surface area contributed by atoms with E-state index in [2.05, 4.69) is 5.32 Å². The van der Waals surface area contributed by atoms with Crippen LogP contribution in [0.15, 0.2) is 91.0 Å². The summed E-state index contributed by atoms with van der Waals surface area (Å²) < 4.78 is 0. The van der Waals surface area contributed by atoms with Crippen LogP contribution in [0.5, 0.6) is 0 Å². The molecule has 4 nitrogen and oxygen atoms in total. The van der Waals surface area contributed by atoms with Crippen LogP contribution in [-0.4, -0.2) is 30.3 Å². The van der Waals surface area contributed by atoms with Crippen molar-refractivity contribution >= 4 is 23.6 Å². The molecular weight excluding hydrogens is 348 g/mol. The minimum absolute atomic E-state index is 0.0118. The Morgan fingerprint density at radius 3 is 2.21 bits per heavy atom. The van der Waals surface area contributed by atoms with Crippen LogP contribution in [0.3, 0.4) is 0 Å². The van der Waals surface area contributed by atoms with Gasteiger partial charge in [-0.15, -0.1) is 0 Å². The fraction of sp³-hybridized carbons (Fsp3) is 0.0833. The molecule has 1 N–H and O–H groups in total. The number of anilines is 1. The molecule has 0 heterocycles. The van der Waals surface area contributed by atoms with E-state index in [1.54, 1.807) is 25.3 Å². The third-order valence-corrected chi connectivity index (χ3v) is 4.23. The van der Waals surface area contributed by atoms with Crippen molar-refractivity contribution in [1.82, 2.24) is 4.90 Å². The van der Waals surface area contributed by atoms with Gasteiger partial charge in [0.05, 0.1) is 6.54 Å². The van der Waals surface area contributed by atoms with Gasteiger partial charge in [0.25, 0.3) is 0 Å². The van der Waals surface area contributed by atoms with Crippen LogP contribution in [0, 0.1) is 0 Å². The molecule has 0 aliphatic heterocycles. The number of nitrogens with one attached hydrogen (secondary N) is 1. The Morgan fingerprint density at radius 1 is 0.857 bits per heavy atom. The van der Waals surface area contributed by atoms with Crippen molar-refractivity contribution in [3.05, 3.63) is 96.6 Å². The maximum absolute atomic E-state index is 12.3. The fourth-order valence-corrected chi connectivity index (χ4v) is 2.76. The van der Waals surface area contributed by atoms with Crippen molar-refractivity contribution in [3.8, 4) is 11.1 Å². The van der Waals surface area contributed by atoms with Gasteiger partial charge in [0.15, 0.2) is 0 Å². The van der Waals surface area contributed by atoms with Crippen molar-refractivity contribution in [3.63, 3.8) is 0 Å². The molecule has 0 saturated carbocycles. The standard InChI is InChI=1S/C24H22N2O2/c1-26(18-23(27)25-22-13-6-3-7-14-22)24(28)16-15-19-9-8-12-21(17-19)20-10-4-2-5-11-20/h2-17H,18H2,1H3,(H,25,27)/b16-15+. The molecule has 0 radical (unpaired) electrons. The Balaban J connectivity index is 1.59. The minimum Gasteiger partial charge on any atom is -0.333 e. The van der Waals surface area contributed by atoms with Crippen molar-refractivity contribution in [2.75, 3.05) is 18.9 Å². The third-order valence-electron chi connectivity index (χ3n) is 4.23. The van der Waals surface area contributed by atoms with Gasteiger partial charge in [0, 0.05) is 18.8 Å². The van der Waals surface area contributed by atoms with E-state index >= 15 is 0 Å². The summed E-state index contributed by atoms with van der Waals surface area (Å²) in [6, 6.07) is 27.2. The topological polar surface area (TPSA) is 49.4 Å². The monoisotopic (exact) mass is 370 g/mol. The molecular formula is C24H22N2O2. The van der Waals surface area contributed by atoms with E-state index in [1.165, 1.54) is 11.0 Å². The van der Waals surface area contributed by atoms with Crippen LogP contribution in [0.25, 0.3) is 17.2 Å². The van der Waals surface area contributed by atoms with Gasteiger partial charge in [0.2, 0.25) is 11.8 Å². The zero-order valence-electron chi connectivity index (χ0n) is 15.7. The van der Waals surface area contributed by atoms with Gasteiger partial charge in [-0.3, -0.25) is 9.59 Å². The van der Waals surface area contributed by atoms with Gasteiger partial charge < -0.3 is 10.2 Å². The van der Waals surface area contributed by atoms with Crippen LogP contribution in [0.2, 0.25) is 0 Å². The second-order valence-electron chi connectivity index (χ2n) is 6.43. The lowest BCUT2D eigenvalue weighted by Gasteiger charge is -2.14. The molecule has 0 aromatic heterocycles. The van der Waals surface area contributed by atoms with Gasteiger partial charge in [-0.2, -0.15) is 0 Å². The maximum atomic E-state index is 12.3. The average molecular weight is 370 g/mol. The maximum Gasteiger partial charge on any atom is 0.246 e. The number of benzene rings is 3. The first kappa shape index (κ1) is 19.1. The second-order valence-corrected chi connectivity index (χ2v) is 6.43. The Labute approximate surface area is 165 Å². The molecule has 0 unspecified atom stereocenters. The number of para-hydroxylation sites is 1. The van der Waals surface area contributed by atoms with Crippen molar-refractivity contribution in [2.24, 2.45) is 0 Å². The molecule has 3 rings (SSSR count). The average Bonchev–Trinajstić information content (AvgIpc) is 2.73. The quantitative estimate of drug-likeness (QED) is 0.651. The first-order chi connectivity index (χ1) is 13.6. The van der Waals surface area contributed by atoms with Crippen molar-refractivity contribution in [2.45, 2.75) is 0 Å². The fourth-order valence-electron chi connectivity index (χ4n) is 2.76. The Morgan fingerprint density at radius 2 is 1.50 bits per heavy atom. The van der Waals surface area contributed by atoms with E-state index in [0.29, 0.717) is 5.69 Å². The smallest absolute Gasteiger partial charge is 0.246 e. The summed E-state index contributed by atoms with van der Waals surface area (Å²) in [5.41, 5.74) is 3.85. The number of nitrogens with zero attached hydrogens (tertiary/aromatic N) is 1. The highest BCUT2D eigenvalue weighted by Gasteiger charge is 2.10. The van der Waals surface area contributed by atoms with Gasteiger partial charge >= 0.3 is 0 Å². The number of rotatable bonds is 6. The zero-order valence-corrected chi connectivity index (χ0v) is 15.7. The van der Waals surface area contributed by atoms with Crippen molar-refractivity contribution < 1.29 is 9.59 Å². The first-order valence-corrected chi connectivity index (χ1v) is 9.05. The summed E-state index contributed by atoms with van der Waals surface area (Å²) in [6.45, 7) is -0.0118. The van der Waals surface area contributed by atoms with E-state index in [1.807, 2.05) is 72.8 Å². The van der Waals surface area contributed by atoms with Crippen LogP contribution < -0.4 is 5.32 Å². The predicted molar refractivity (Wildman–Crippen MR) is 114 cm³/mol. The zero-order chi connectivity index (χ0) is 19.8. The molecule has 0 aliphatic carbocycles. The van der Waals surface area contributed by atoms with E-state index < -0.39 is 0 Å². The molecule has 140 valence electrons. The van der Waals surface area contributed by atoms with Crippen molar-refractivity contribution in [1.29, 1.82) is 0 Å². The number of amides is 2. The lowest BCUT2D eigenvalue weighted by molar-refractivity contribution is -0.129. The Hall–Kier alpha value is -3.66. The van der Waals surface area contributed by atoms with Crippen LogP contribution in [0.4, 0.5) is 5.69 Å². The Kier molecular flexibility index (Phi) is 6.37.